The molecule has 19 heavy (non-hydrogen) atoms. The summed E-state index contributed by atoms with van der Waals surface area (Å²) in [5.74, 6) is 0.375. The molecule has 1 unspecified atom stereocenters. The van der Waals surface area contributed by atoms with E-state index in [0.29, 0.717) is 23.5 Å². The fourth-order valence-electron chi connectivity index (χ4n) is 1.94. The van der Waals surface area contributed by atoms with Crippen molar-refractivity contribution >= 4 is 0 Å². The number of nitrogens with two attached hydrogens (primary N) is 1. The van der Waals surface area contributed by atoms with Gasteiger partial charge in [-0.3, -0.25) is 4.98 Å². The van der Waals surface area contributed by atoms with Crippen molar-refractivity contribution in [3.8, 4) is 5.75 Å². The minimum atomic E-state index is -0.548. The molecule has 3 nitrogen and oxygen atoms in total. The molecular formula is C15H17FN2O. The molecule has 0 saturated carbocycles. The molecule has 1 aromatic carbocycles. The molecule has 0 aliphatic rings. The summed E-state index contributed by atoms with van der Waals surface area (Å²) >= 11 is 0. The van der Waals surface area contributed by atoms with Crippen LogP contribution in [0.4, 0.5) is 4.39 Å². The summed E-state index contributed by atoms with van der Waals surface area (Å²) in [6.07, 6.45) is 3.25. The van der Waals surface area contributed by atoms with Crippen LogP contribution >= 0.6 is 0 Å². The number of ether oxygens (including phenoxy) is 1. The Kier molecular flexibility index (Phi) is 4.12. The number of aromatic nitrogens is 1. The number of rotatable bonds is 4. The Morgan fingerprint density at radius 2 is 2.16 bits per heavy atom. The maximum absolute atomic E-state index is 14.1. The second kappa shape index (κ2) is 5.80. The van der Waals surface area contributed by atoms with Crippen molar-refractivity contribution in [2.75, 3.05) is 6.61 Å². The first kappa shape index (κ1) is 13.5. The molecule has 4 heteroatoms. The minimum Gasteiger partial charge on any atom is -0.492 e. The highest BCUT2D eigenvalue weighted by Crippen LogP contribution is 2.25. The van der Waals surface area contributed by atoms with Crippen molar-refractivity contribution < 1.29 is 9.13 Å². The lowest BCUT2D eigenvalue weighted by atomic mass is 9.98. The van der Waals surface area contributed by atoms with Crippen molar-refractivity contribution in [1.82, 2.24) is 4.98 Å². The molecule has 0 fully saturated rings. The van der Waals surface area contributed by atoms with E-state index in [2.05, 4.69) is 4.98 Å². The Morgan fingerprint density at radius 1 is 1.37 bits per heavy atom. The van der Waals surface area contributed by atoms with Gasteiger partial charge in [0.15, 0.2) is 0 Å². The van der Waals surface area contributed by atoms with Crippen LogP contribution < -0.4 is 10.5 Å². The van der Waals surface area contributed by atoms with Gasteiger partial charge in [-0.1, -0.05) is 18.2 Å². The van der Waals surface area contributed by atoms with Crippen LogP contribution in [0.25, 0.3) is 0 Å². The zero-order chi connectivity index (χ0) is 13.8. The molecule has 0 aliphatic heterocycles. The molecule has 100 valence electrons. The quantitative estimate of drug-likeness (QED) is 0.919. The Labute approximate surface area is 112 Å². The highest BCUT2D eigenvalue weighted by Gasteiger charge is 2.15. The van der Waals surface area contributed by atoms with Crippen molar-refractivity contribution in [2.24, 2.45) is 5.73 Å². The molecule has 0 bridgehead atoms. The van der Waals surface area contributed by atoms with E-state index in [1.165, 1.54) is 0 Å². The van der Waals surface area contributed by atoms with Crippen molar-refractivity contribution in [1.29, 1.82) is 0 Å². The van der Waals surface area contributed by atoms with E-state index in [1.807, 2.05) is 6.92 Å². The van der Waals surface area contributed by atoms with E-state index in [0.717, 1.165) is 5.56 Å². The lowest BCUT2D eigenvalue weighted by Crippen LogP contribution is -2.14. The second-order valence-electron chi connectivity index (χ2n) is 4.34. The average Bonchev–Trinajstić information content (AvgIpc) is 2.42. The van der Waals surface area contributed by atoms with Gasteiger partial charge in [0.05, 0.1) is 18.8 Å². The summed E-state index contributed by atoms with van der Waals surface area (Å²) in [7, 11) is 0. The van der Waals surface area contributed by atoms with Crippen LogP contribution in [0, 0.1) is 12.7 Å². The molecule has 2 N–H and O–H groups in total. The topological polar surface area (TPSA) is 48.1 Å². The lowest BCUT2D eigenvalue weighted by Gasteiger charge is -2.15. The second-order valence-corrected chi connectivity index (χ2v) is 4.34. The Balaban J connectivity index is 2.35. The summed E-state index contributed by atoms with van der Waals surface area (Å²) in [5.41, 5.74) is 7.90. The maximum atomic E-state index is 14.1. The highest BCUT2D eigenvalue weighted by molar-refractivity contribution is 5.36. The van der Waals surface area contributed by atoms with Crippen LogP contribution in [0.3, 0.4) is 0 Å². The van der Waals surface area contributed by atoms with Gasteiger partial charge in [0.25, 0.3) is 0 Å². The molecule has 0 saturated heterocycles. The third kappa shape index (κ3) is 2.90. The first-order chi connectivity index (χ1) is 9.13. The molecule has 1 aromatic heterocycles. The fourth-order valence-corrected chi connectivity index (χ4v) is 1.94. The molecule has 0 amide bonds. The summed E-state index contributed by atoms with van der Waals surface area (Å²) in [6, 6.07) is 6.46. The third-order valence-corrected chi connectivity index (χ3v) is 2.96. The summed E-state index contributed by atoms with van der Waals surface area (Å²) in [4.78, 5) is 4.07. The largest absolute Gasteiger partial charge is 0.492 e. The van der Waals surface area contributed by atoms with E-state index in [-0.39, 0.29) is 5.82 Å². The van der Waals surface area contributed by atoms with Crippen LogP contribution in [-0.4, -0.2) is 11.6 Å². The van der Waals surface area contributed by atoms with Crippen LogP contribution in [0.15, 0.2) is 36.7 Å². The maximum Gasteiger partial charge on any atom is 0.137 e. The highest BCUT2D eigenvalue weighted by atomic mass is 19.1. The van der Waals surface area contributed by atoms with E-state index >= 15 is 0 Å². The Hall–Kier alpha value is -1.94. The first-order valence-electron chi connectivity index (χ1n) is 6.21. The number of halogens is 1. The summed E-state index contributed by atoms with van der Waals surface area (Å²) < 4.78 is 19.4. The summed E-state index contributed by atoms with van der Waals surface area (Å²) in [5, 5.41) is 0. The molecule has 0 radical (unpaired) electrons. The van der Waals surface area contributed by atoms with Gasteiger partial charge in [-0.15, -0.1) is 0 Å². The molecular weight excluding hydrogens is 243 g/mol. The van der Waals surface area contributed by atoms with Crippen molar-refractivity contribution in [2.45, 2.75) is 19.9 Å². The lowest BCUT2D eigenvalue weighted by molar-refractivity contribution is 0.338. The van der Waals surface area contributed by atoms with Gasteiger partial charge in [-0.25, -0.2) is 4.39 Å². The van der Waals surface area contributed by atoms with Gasteiger partial charge in [-0.05, 0) is 31.0 Å². The van der Waals surface area contributed by atoms with Crippen molar-refractivity contribution in [3.63, 3.8) is 0 Å². The number of nitrogens with zero attached hydrogens (tertiary/aromatic N) is 1. The predicted molar refractivity (Wildman–Crippen MR) is 72.6 cm³/mol. The van der Waals surface area contributed by atoms with Crippen LogP contribution in [-0.2, 0) is 0 Å². The van der Waals surface area contributed by atoms with Gasteiger partial charge in [0.2, 0.25) is 0 Å². The number of pyridine rings is 1. The molecule has 2 rings (SSSR count). The van der Waals surface area contributed by atoms with E-state index < -0.39 is 6.04 Å². The van der Waals surface area contributed by atoms with Crippen molar-refractivity contribution in [3.05, 3.63) is 59.2 Å². The smallest absolute Gasteiger partial charge is 0.137 e. The molecule has 1 atom stereocenters. The van der Waals surface area contributed by atoms with Gasteiger partial charge in [0, 0.05) is 11.8 Å². The number of hydrogen-bond acceptors (Lipinski definition) is 3. The van der Waals surface area contributed by atoms with Gasteiger partial charge in [-0.2, -0.15) is 0 Å². The number of aryl methyl sites for hydroxylation is 1. The standard InChI is InChI=1S/C15H17FN2O/c1-3-19-12-7-11(8-18-9-12)15(17)13-6-4-5-10(2)14(13)16/h4-9,15H,3,17H2,1-2H3. The molecule has 0 aliphatic carbocycles. The molecule has 0 spiro atoms. The Morgan fingerprint density at radius 3 is 2.89 bits per heavy atom. The first-order valence-corrected chi connectivity index (χ1v) is 6.21. The average molecular weight is 260 g/mol. The summed E-state index contributed by atoms with van der Waals surface area (Å²) in [6.45, 7) is 4.17. The van der Waals surface area contributed by atoms with E-state index in [9.17, 15) is 4.39 Å². The molecule has 2 aromatic rings. The van der Waals surface area contributed by atoms with Gasteiger partial charge < -0.3 is 10.5 Å². The third-order valence-electron chi connectivity index (χ3n) is 2.96. The fraction of sp³-hybridized carbons (Fsp3) is 0.267. The zero-order valence-electron chi connectivity index (χ0n) is 11.1. The Bertz CT molecular complexity index is 572. The van der Waals surface area contributed by atoms with Crippen LogP contribution in [0.1, 0.15) is 29.7 Å². The SMILES string of the molecule is CCOc1cncc(C(N)c2cccc(C)c2F)c1. The molecule has 1 heterocycles. The van der Waals surface area contributed by atoms with Gasteiger partial charge in [0.1, 0.15) is 11.6 Å². The number of benzene rings is 1. The monoisotopic (exact) mass is 260 g/mol. The van der Waals surface area contributed by atoms with E-state index in [1.54, 1.807) is 43.6 Å². The zero-order valence-corrected chi connectivity index (χ0v) is 11.1. The van der Waals surface area contributed by atoms with Gasteiger partial charge >= 0.3 is 0 Å². The predicted octanol–water partition coefficient (Wildman–Crippen LogP) is 2.98. The number of hydrogen-bond donors (Lipinski definition) is 1. The normalized spacial score (nSPS) is 12.2. The minimum absolute atomic E-state index is 0.267. The van der Waals surface area contributed by atoms with Crippen LogP contribution in [0.2, 0.25) is 0 Å². The van der Waals surface area contributed by atoms with E-state index in [4.69, 9.17) is 10.5 Å². The van der Waals surface area contributed by atoms with Crippen LogP contribution in [0.5, 0.6) is 5.75 Å².